The monoisotopic (exact) mass is 290 g/mol. The van der Waals surface area contributed by atoms with Crippen molar-refractivity contribution in [3.63, 3.8) is 0 Å². The van der Waals surface area contributed by atoms with Crippen LogP contribution >= 0.6 is 0 Å². The number of rotatable bonds is 5. The van der Waals surface area contributed by atoms with E-state index in [0.29, 0.717) is 25.9 Å². The van der Waals surface area contributed by atoms with Crippen LogP contribution in [0.2, 0.25) is 0 Å². The molecule has 0 aromatic heterocycles. The molecule has 0 saturated carbocycles. The fourth-order valence-electron chi connectivity index (χ4n) is 2.73. The Labute approximate surface area is 125 Å². The van der Waals surface area contributed by atoms with Crippen LogP contribution in [-0.4, -0.2) is 43.0 Å². The molecule has 0 aliphatic carbocycles. The summed E-state index contributed by atoms with van der Waals surface area (Å²) >= 11 is 0. The maximum atomic E-state index is 12.6. The van der Waals surface area contributed by atoms with Gasteiger partial charge in [0.1, 0.15) is 11.8 Å². The van der Waals surface area contributed by atoms with Gasteiger partial charge in [-0.05, 0) is 44.5 Å². The molecule has 5 heteroatoms. The molecule has 114 valence electrons. The molecule has 1 fully saturated rings. The fraction of sp³-hybridized carbons (Fsp3) is 0.500. The van der Waals surface area contributed by atoms with E-state index in [2.05, 4.69) is 0 Å². The summed E-state index contributed by atoms with van der Waals surface area (Å²) in [5, 5.41) is 0. The Morgan fingerprint density at radius 1 is 1.29 bits per heavy atom. The zero-order chi connectivity index (χ0) is 15.4. The van der Waals surface area contributed by atoms with E-state index in [1.165, 1.54) is 0 Å². The molecule has 5 nitrogen and oxygen atoms in total. The van der Waals surface area contributed by atoms with Gasteiger partial charge in [0.15, 0.2) is 0 Å². The number of amides is 2. The molecule has 1 aromatic rings. The van der Waals surface area contributed by atoms with Gasteiger partial charge in [-0.3, -0.25) is 14.5 Å². The molecule has 0 radical (unpaired) electrons. The second kappa shape index (κ2) is 6.61. The zero-order valence-corrected chi connectivity index (χ0v) is 12.8. The standard InChI is InChI=1S/C16H22N2O3/c1-4-17(5-2)16(20)14-10-11-15(19)18(14)12-6-8-13(21-3)9-7-12/h6-9,14H,4-5,10-11H2,1-3H3. The number of nitrogens with zero attached hydrogens (tertiary/aromatic N) is 2. The third-order valence-electron chi connectivity index (χ3n) is 3.92. The van der Waals surface area contributed by atoms with Crippen molar-refractivity contribution in [3.05, 3.63) is 24.3 Å². The van der Waals surface area contributed by atoms with Gasteiger partial charge in [-0.15, -0.1) is 0 Å². The molecule has 21 heavy (non-hydrogen) atoms. The maximum absolute atomic E-state index is 12.6. The second-order valence-corrected chi connectivity index (χ2v) is 5.03. The number of anilines is 1. The van der Waals surface area contributed by atoms with Gasteiger partial charge < -0.3 is 9.64 Å². The van der Waals surface area contributed by atoms with E-state index in [9.17, 15) is 9.59 Å². The summed E-state index contributed by atoms with van der Waals surface area (Å²) in [7, 11) is 1.60. The minimum atomic E-state index is -0.384. The highest BCUT2D eigenvalue weighted by Crippen LogP contribution is 2.29. The predicted molar refractivity (Wildman–Crippen MR) is 81.4 cm³/mol. The van der Waals surface area contributed by atoms with E-state index in [-0.39, 0.29) is 17.9 Å². The summed E-state index contributed by atoms with van der Waals surface area (Å²) < 4.78 is 5.13. The van der Waals surface area contributed by atoms with Crippen molar-refractivity contribution in [1.82, 2.24) is 4.90 Å². The molecule has 1 heterocycles. The van der Waals surface area contributed by atoms with Crippen LogP contribution in [0.3, 0.4) is 0 Å². The molecular weight excluding hydrogens is 268 g/mol. The lowest BCUT2D eigenvalue weighted by molar-refractivity contribution is -0.132. The van der Waals surface area contributed by atoms with Crippen LogP contribution in [0, 0.1) is 0 Å². The first-order chi connectivity index (χ1) is 10.1. The highest BCUT2D eigenvalue weighted by Gasteiger charge is 2.38. The molecule has 0 bridgehead atoms. The Kier molecular flexibility index (Phi) is 4.83. The zero-order valence-electron chi connectivity index (χ0n) is 12.8. The molecule has 1 aliphatic rings. The second-order valence-electron chi connectivity index (χ2n) is 5.03. The fourth-order valence-corrected chi connectivity index (χ4v) is 2.73. The van der Waals surface area contributed by atoms with Gasteiger partial charge in [0.2, 0.25) is 11.8 Å². The summed E-state index contributed by atoms with van der Waals surface area (Å²) in [6.45, 7) is 5.23. The van der Waals surface area contributed by atoms with Crippen molar-refractivity contribution in [2.24, 2.45) is 0 Å². The highest BCUT2D eigenvalue weighted by atomic mass is 16.5. The van der Waals surface area contributed by atoms with E-state index >= 15 is 0 Å². The molecule has 1 unspecified atom stereocenters. The van der Waals surface area contributed by atoms with Crippen LogP contribution in [0.4, 0.5) is 5.69 Å². The number of hydrogen-bond acceptors (Lipinski definition) is 3. The van der Waals surface area contributed by atoms with Gasteiger partial charge in [0.05, 0.1) is 7.11 Å². The van der Waals surface area contributed by atoms with Crippen LogP contribution in [0.5, 0.6) is 5.75 Å². The van der Waals surface area contributed by atoms with Crippen molar-refractivity contribution in [1.29, 1.82) is 0 Å². The molecule has 1 atom stereocenters. The Bertz CT molecular complexity index is 509. The van der Waals surface area contributed by atoms with Gasteiger partial charge in [-0.2, -0.15) is 0 Å². The molecule has 1 saturated heterocycles. The lowest BCUT2D eigenvalue weighted by atomic mass is 10.1. The first-order valence-electron chi connectivity index (χ1n) is 7.37. The van der Waals surface area contributed by atoms with Crippen molar-refractivity contribution >= 4 is 17.5 Å². The normalized spacial score (nSPS) is 18.0. The third-order valence-corrected chi connectivity index (χ3v) is 3.92. The van der Waals surface area contributed by atoms with E-state index in [4.69, 9.17) is 4.74 Å². The Morgan fingerprint density at radius 3 is 2.43 bits per heavy atom. The van der Waals surface area contributed by atoms with Gasteiger partial charge in [-0.25, -0.2) is 0 Å². The third kappa shape index (κ3) is 3.01. The largest absolute Gasteiger partial charge is 0.497 e. The van der Waals surface area contributed by atoms with Gasteiger partial charge >= 0.3 is 0 Å². The summed E-state index contributed by atoms with van der Waals surface area (Å²) in [6, 6.07) is 6.88. The predicted octanol–water partition coefficient (Wildman–Crippen LogP) is 2.06. The first kappa shape index (κ1) is 15.4. The first-order valence-corrected chi connectivity index (χ1v) is 7.37. The van der Waals surface area contributed by atoms with Crippen molar-refractivity contribution in [3.8, 4) is 5.75 Å². The van der Waals surface area contributed by atoms with E-state index in [1.54, 1.807) is 29.0 Å². The lowest BCUT2D eigenvalue weighted by Gasteiger charge is -2.29. The van der Waals surface area contributed by atoms with E-state index in [0.717, 1.165) is 11.4 Å². The Morgan fingerprint density at radius 2 is 1.90 bits per heavy atom. The minimum Gasteiger partial charge on any atom is -0.497 e. The van der Waals surface area contributed by atoms with Crippen molar-refractivity contribution in [2.75, 3.05) is 25.1 Å². The lowest BCUT2D eigenvalue weighted by Crippen LogP contribution is -2.46. The van der Waals surface area contributed by atoms with Crippen molar-refractivity contribution < 1.29 is 14.3 Å². The molecule has 2 rings (SSSR count). The smallest absolute Gasteiger partial charge is 0.245 e. The quantitative estimate of drug-likeness (QED) is 0.834. The maximum Gasteiger partial charge on any atom is 0.245 e. The van der Waals surface area contributed by atoms with Crippen LogP contribution < -0.4 is 9.64 Å². The summed E-state index contributed by atoms with van der Waals surface area (Å²) in [5.41, 5.74) is 0.754. The number of carbonyl (C=O) groups is 2. The SMILES string of the molecule is CCN(CC)C(=O)C1CCC(=O)N1c1ccc(OC)cc1. The van der Waals surface area contributed by atoms with Crippen LogP contribution in [0.15, 0.2) is 24.3 Å². The molecule has 1 aliphatic heterocycles. The van der Waals surface area contributed by atoms with Gasteiger partial charge in [-0.1, -0.05) is 0 Å². The molecular formula is C16H22N2O3. The number of benzene rings is 1. The molecule has 0 N–H and O–H groups in total. The minimum absolute atomic E-state index is 0.00525. The van der Waals surface area contributed by atoms with Crippen LogP contribution in [0.1, 0.15) is 26.7 Å². The number of hydrogen-bond donors (Lipinski definition) is 0. The Balaban J connectivity index is 2.25. The van der Waals surface area contributed by atoms with Gasteiger partial charge in [0, 0.05) is 25.2 Å². The number of methoxy groups -OCH3 is 1. The van der Waals surface area contributed by atoms with Gasteiger partial charge in [0.25, 0.3) is 0 Å². The Hall–Kier alpha value is -2.04. The summed E-state index contributed by atoms with van der Waals surface area (Å²) in [4.78, 5) is 28.1. The molecule has 0 spiro atoms. The number of ether oxygens (including phenoxy) is 1. The molecule has 1 aromatic carbocycles. The van der Waals surface area contributed by atoms with Crippen molar-refractivity contribution in [2.45, 2.75) is 32.7 Å². The average Bonchev–Trinajstić information content (AvgIpc) is 2.90. The van der Waals surface area contributed by atoms with E-state index in [1.807, 2.05) is 26.0 Å². The van der Waals surface area contributed by atoms with Crippen LogP contribution in [0.25, 0.3) is 0 Å². The molecule has 2 amide bonds. The van der Waals surface area contributed by atoms with E-state index < -0.39 is 0 Å². The summed E-state index contributed by atoms with van der Waals surface area (Å²) in [5.74, 6) is 0.768. The summed E-state index contributed by atoms with van der Waals surface area (Å²) in [6.07, 6.45) is 1.00. The average molecular weight is 290 g/mol. The number of likely N-dealkylation sites (N-methyl/N-ethyl adjacent to an activating group) is 1. The number of carbonyl (C=O) groups excluding carboxylic acids is 2. The topological polar surface area (TPSA) is 49.9 Å². The highest BCUT2D eigenvalue weighted by molar-refractivity contribution is 6.03. The van der Waals surface area contributed by atoms with Crippen LogP contribution in [-0.2, 0) is 9.59 Å².